The highest BCUT2D eigenvalue weighted by molar-refractivity contribution is 6.00. The molecule has 2 fully saturated rings. The molecule has 7 amide bonds. The van der Waals surface area contributed by atoms with Gasteiger partial charge in [-0.05, 0) is 43.9 Å². The van der Waals surface area contributed by atoms with Crippen LogP contribution in [0.1, 0.15) is 87.5 Å². The maximum absolute atomic E-state index is 13.9. The summed E-state index contributed by atoms with van der Waals surface area (Å²) in [5.74, 6) is -3.91. The average Bonchev–Trinajstić information content (AvgIpc) is 3.92. The third-order valence-corrected chi connectivity index (χ3v) is 8.99. The van der Waals surface area contributed by atoms with Crippen LogP contribution in [0, 0.1) is 11.8 Å². The zero-order chi connectivity index (χ0) is 35.2. The number of primary amides is 1. The molecule has 4 atom stereocenters. The molecule has 2 aliphatic carbocycles. The van der Waals surface area contributed by atoms with Gasteiger partial charge in [-0.2, -0.15) is 0 Å². The Labute approximate surface area is 285 Å². The normalized spacial score (nSPS) is 25.0. The van der Waals surface area contributed by atoms with E-state index >= 15 is 0 Å². The highest BCUT2D eigenvalue weighted by atomic mass is 16.2. The van der Waals surface area contributed by atoms with Crippen LogP contribution in [-0.4, -0.2) is 88.6 Å². The van der Waals surface area contributed by atoms with E-state index in [0.29, 0.717) is 19.3 Å². The van der Waals surface area contributed by atoms with Gasteiger partial charge in [-0.25, -0.2) is 4.98 Å². The quantitative estimate of drug-likeness (QED) is 0.154. The van der Waals surface area contributed by atoms with Crippen molar-refractivity contribution in [2.45, 2.75) is 101 Å². The molecule has 1 aromatic heterocycles. The Morgan fingerprint density at radius 1 is 0.755 bits per heavy atom. The SMILES string of the molecule is NC(=O)C1CCNC(=O)C(CCCNC(=O)c2cnccn2)NC(=O)C(CC2CCCCC2)NC(=O)C(CC2CC2)NC(=O)C=CC(=O)N1. The van der Waals surface area contributed by atoms with Gasteiger partial charge >= 0.3 is 0 Å². The maximum Gasteiger partial charge on any atom is 0.271 e. The molecule has 1 aliphatic heterocycles. The fraction of sp³-hybridized carbons (Fsp3) is 0.606. The second-order valence-electron chi connectivity index (χ2n) is 13.0. The number of amides is 7. The Kier molecular flexibility index (Phi) is 14.0. The van der Waals surface area contributed by atoms with E-state index in [1.54, 1.807) is 0 Å². The molecule has 0 radical (unpaired) electrons. The van der Waals surface area contributed by atoms with Crippen LogP contribution in [0.3, 0.4) is 0 Å². The number of carbonyl (C=O) groups is 7. The Hall–Kier alpha value is -4.89. The Bertz CT molecular complexity index is 1380. The lowest BCUT2D eigenvalue weighted by atomic mass is 9.84. The summed E-state index contributed by atoms with van der Waals surface area (Å²) in [6.07, 6.45) is 14.0. The first kappa shape index (κ1) is 36.9. The van der Waals surface area contributed by atoms with Crippen molar-refractivity contribution in [3.63, 3.8) is 0 Å². The molecule has 3 aliphatic rings. The summed E-state index contributed by atoms with van der Waals surface area (Å²) < 4.78 is 0. The van der Waals surface area contributed by atoms with Gasteiger partial charge in [0.05, 0.1) is 6.20 Å². The first-order chi connectivity index (χ1) is 23.6. The van der Waals surface area contributed by atoms with Crippen molar-refractivity contribution in [1.29, 1.82) is 0 Å². The molecule has 266 valence electrons. The molecule has 8 N–H and O–H groups in total. The summed E-state index contributed by atoms with van der Waals surface area (Å²) in [6.45, 7) is 0.0981. The summed E-state index contributed by atoms with van der Waals surface area (Å²) in [4.78, 5) is 98.6. The van der Waals surface area contributed by atoms with E-state index < -0.39 is 65.5 Å². The minimum atomic E-state index is -1.16. The number of nitrogens with two attached hydrogens (primary N) is 1. The predicted molar refractivity (Wildman–Crippen MR) is 176 cm³/mol. The Balaban J connectivity index is 1.53. The van der Waals surface area contributed by atoms with Gasteiger partial charge in [0.2, 0.25) is 35.4 Å². The Morgan fingerprint density at radius 2 is 1.39 bits per heavy atom. The van der Waals surface area contributed by atoms with Crippen LogP contribution < -0.4 is 37.6 Å². The summed E-state index contributed by atoms with van der Waals surface area (Å²) in [6, 6.07) is -4.14. The molecular formula is C33H47N9O7. The third kappa shape index (κ3) is 12.6. The number of hydrogen-bond acceptors (Lipinski definition) is 9. The number of nitrogens with one attached hydrogen (secondary N) is 6. The summed E-state index contributed by atoms with van der Waals surface area (Å²) in [5, 5.41) is 16.2. The number of aromatic nitrogens is 2. The Morgan fingerprint density at radius 3 is 2.02 bits per heavy atom. The first-order valence-corrected chi connectivity index (χ1v) is 17.1. The van der Waals surface area contributed by atoms with Crippen LogP contribution in [0.2, 0.25) is 0 Å². The summed E-state index contributed by atoms with van der Waals surface area (Å²) in [7, 11) is 0. The van der Waals surface area contributed by atoms with Gasteiger partial charge in [0.15, 0.2) is 0 Å². The number of rotatable bonds is 10. The van der Waals surface area contributed by atoms with Gasteiger partial charge in [0.1, 0.15) is 29.9 Å². The van der Waals surface area contributed by atoms with Crippen molar-refractivity contribution in [3.05, 3.63) is 36.4 Å². The van der Waals surface area contributed by atoms with E-state index in [2.05, 4.69) is 41.9 Å². The highest BCUT2D eigenvalue weighted by Crippen LogP contribution is 2.34. The lowest BCUT2D eigenvalue weighted by Crippen LogP contribution is -2.57. The molecule has 16 heteroatoms. The molecule has 2 saturated carbocycles. The van der Waals surface area contributed by atoms with Crippen LogP contribution in [0.15, 0.2) is 30.7 Å². The molecule has 0 spiro atoms. The van der Waals surface area contributed by atoms with Crippen LogP contribution in [0.5, 0.6) is 0 Å². The van der Waals surface area contributed by atoms with Crippen LogP contribution in [-0.2, 0) is 28.8 Å². The van der Waals surface area contributed by atoms with Gasteiger partial charge in [-0.15, -0.1) is 0 Å². The number of carbonyl (C=O) groups excluding carboxylic acids is 7. The van der Waals surface area contributed by atoms with E-state index in [9.17, 15) is 33.6 Å². The molecular weight excluding hydrogens is 634 g/mol. The van der Waals surface area contributed by atoms with E-state index in [-0.39, 0.29) is 43.5 Å². The monoisotopic (exact) mass is 681 g/mol. The van der Waals surface area contributed by atoms with Gasteiger partial charge in [0.25, 0.3) is 5.91 Å². The molecule has 49 heavy (non-hydrogen) atoms. The fourth-order valence-electron chi connectivity index (χ4n) is 6.07. The number of hydrogen-bond donors (Lipinski definition) is 7. The fourth-order valence-corrected chi connectivity index (χ4v) is 6.07. The van der Waals surface area contributed by atoms with Crippen molar-refractivity contribution >= 4 is 41.4 Å². The first-order valence-electron chi connectivity index (χ1n) is 17.1. The standard InChI is InChI=1S/C33H47N9O7/c34-29(45)22-12-14-38-30(46)23(7-4-13-37-31(47)26-19-35-15-16-36-26)41-33(49)25(17-20-5-2-1-3-6-20)42-32(48)24(18-21-8-9-21)40-28(44)11-10-27(43)39-22/h10-11,15-16,19-25H,1-9,12-14,17-18H2,(H2,34,45)(H,37,47)(H,38,46)(H,39,43)(H,40,44)(H,41,49)(H,42,48). The van der Waals surface area contributed by atoms with E-state index in [1.807, 2.05) is 0 Å². The van der Waals surface area contributed by atoms with E-state index in [1.165, 1.54) is 18.6 Å². The lowest BCUT2D eigenvalue weighted by Gasteiger charge is -2.29. The third-order valence-electron chi connectivity index (χ3n) is 8.99. The van der Waals surface area contributed by atoms with Crippen LogP contribution in [0.4, 0.5) is 0 Å². The smallest absolute Gasteiger partial charge is 0.271 e. The van der Waals surface area contributed by atoms with E-state index in [4.69, 9.17) is 5.73 Å². The van der Waals surface area contributed by atoms with E-state index in [0.717, 1.165) is 57.1 Å². The predicted octanol–water partition coefficient (Wildman–Crippen LogP) is -0.742. The molecule has 0 bridgehead atoms. The summed E-state index contributed by atoms with van der Waals surface area (Å²) in [5.41, 5.74) is 5.60. The molecule has 0 aromatic carbocycles. The second kappa shape index (κ2) is 18.6. The van der Waals surface area contributed by atoms with Crippen molar-refractivity contribution < 1.29 is 33.6 Å². The van der Waals surface area contributed by atoms with Crippen LogP contribution >= 0.6 is 0 Å². The van der Waals surface area contributed by atoms with Gasteiger partial charge in [-0.1, -0.05) is 44.9 Å². The zero-order valence-electron chi connectivity index (χ0n) is 27.6. The minimum absolute atomic E-state index is 0.0501. The van der Waals surface area contributed by atoms with Gasteiger partial charge in [0, 0.05) is 37.6 Å². The summed E-state index contributed by atoms with van der Waals surface area (Å²) >= 11 is 0. The largest absolute Gasteiger partial charge is 0.368 e. The lowest BCUT2D eigenvalue weighted by molar-refractivity contribution is -0.134. The molecule has 2 heterocycles. The second-order valence-corrected chi connectivity index (χ2v) is 13.0. The molecule has 4 rings (SSSR count). The maximum atomic E-state index is 13.9. The van der Waals surface area contributed by atoms with Gasteiger partial charge < -0.3 is 37.6 Å². The molecule has 0 saturated heterocycles. The zero-order valence-corrected chi connectivity index (χ0v) is 27.6. The minimum Gasteiger partial charge on any atom is -0.368 e. The van der Waals surface area contributed by atoms with Gasteiger partial charge in [-0.3, -0.25) is 38.5 Å². The molecule has 16 nitrogen and oxygen atoms in total. The average molecular weight is 682 g/mol. The highest BCUT2D eigenvalue weighted by Gasteiger charge is 2.34. The molecule has 4 unspecified atom stereocenters. The van der Waals surface area contributed by atoms with Crippen molar-refractivity contribution in [3.8, 4) is 0 Å². The topological polar surface area (TPSA) is 243 Å². The van der Waals surface area contributed by atoms with Crippen molar-refractivity contribution in [2.75, 3.05) is 13.1 Å². The van der Waals surface area contributed by atoms with Crippen LogP contribution in [0.25, 0.3) is 0 Å². The van der Waals surface area contributed by atoms with Crippen molar-refractivity contribution in [1.82, 2.24) is 41.9 Å². The molecule has 1 aromatic rings. The number of nitrogens with zero attached hydrogens (tertiary/aromatic N) is 2. The van der Waals surface area contributed by atoms with Crippen molar-refractivity contribution in [2.24, 2.45) is 17.6 Å².